The van der Waals surface area contributed by atoms with Crippen molar-refractivity contribution in [3.05, 3.63) is 0 Å². The second kappa shape index (κ2) is 5.16. The Bertz CT molecular complexity index is 165. The van der Waals surface area contributed by atoms with Crippen molar-refractivity contribution in [2.45, 2.75) is 53.0 Å². The van der Waals surface area contributed by atoms with Gasteiger partial charge in [0.15, 0.2) is 0 Å². The predicted octanol–water partition coefficient (Wildman–Crippen LogP) is 3.30. The summed E-state index contributed by atoms with van der Waals surface area (Å²) in [6, 6.07) is 0.727. The Morgan fingerprint density at radius 3 is 2.14 bits per heavy atom. The molecule has 1 aliphatic rings. The van der Waals surface area contributed by atoms with E-state index in [-0.39, 0.29) is 0 Å². The molecule has 1 saturated carbocycles. The number of nitrogens with one attached hydrogen (secondary N) is 1. The normalized spacial score (nSPS) is 36.0. The average Bonchev–Trinajstić information content (AvgIpc) is 2.11. The van der Waals surface area contributed by atoms with Gasteiger partial charge in [0.2, 0.25) is 0 Å². The van der Waals surface area contributed by atoms with Crippen LogP contribution in [0.1, 0.15) is 47.0 Å². The lowest BCUT2D eigenvalue weighted by Gasteiger charge is -2.38. The minimum absolute atomic E-state index is 0.727. The summed E-state index contributed by atoms with van der Waals surface area (Å²) in [5, 5.41) is 3.51. The molecule has 0 spiro atoms. The van der Waals surface area contributed by atoms with Crippen molar-refractivity contribution >= 4 is 0 Å². The molecule has 1 aliphatic carbocycles. The largest absolute Gasteiger partial charge is 0.316 e. The predicted molar refractivity (Wildman–Crippen MR) is 63.4 cm³/mol. The molecular weight excluding hydrogens is 170 g/mol. The molecule has 1 heteroatoms. The number of hydrogen-bond acceptors (Lipinski definition) is 1. The van der Waals surface area contributed by atoms with Crippen LogP contribution in [-0.4, -0.2) is 13.1 Å². The molecule has 0 aromatic carbocycles. The fourth-order valence-electron chi connectivity index (χ4n) is 3.03. The molecule has 1 nitrogen and oxygen atoms in total. The standard InChI is InChI=1S/C13H27N/c1-9(2)13(14-5)12-7-6-10(3)11(4)8-12/h9-14H,6-8H2,1-5H3. The van der Waals surface area contributed by atoms with Crippen molar-refractivity contribution < 1.29 is 0 Å². The lowest BCUT2D eigenvalue weighted by atomic mass is 9.71. The van der Waals surface area contributed by atoms with Gasteiger partial charge in [0.1, 0.15) is 0 Å². The van der Waals surface area contributed by atoms with Gasteiger partial charge in [-0.3, -0.25) is 0 Å². The Hall–Kier alpha value is -0.0400. The van der Waals surface area contributed by atoms with Crippen LogP contribution >= 0.6 is 0 Å². The summed E-state index contributed by atoms with van der Waals surface area (Å²) in [6.45, 7) is 9.50. The van der Waals surface area contributed by atoms with E-state index in [2.05, 4.69) is 40.1 Å². The van der Waals surface area contributed by atoms with E-state index in [0.717, 1.165) is 29.7 Å². The van der Waals surface area contributed by atoms with Gasteiger partial charge < -0.3 is 5.32 Å². The van der Waals surface area contributed by atoms with Crippen LogP contribution in [0.2, 0.25) is 0 Å². The topological polar surface area (TPSA) is 12.0 Å². The van der Waals surface area contributed by atoms with Crippen LogP contribution in [0.3, 0.4) is 0 Å². The lowest BCUT2D eigenvalue weighted by Crippen LogP contribution is -2.41. The lowest BCUT2D eigenvalue weighted by molar-refractivity contribution is 0.153. The zero-order valence-corrected chi connectivity index (χ0v) is 10.5. The summed E-state index contributed by atoms with van der Waals surface area (Å²) in [5.41, 5.74) is 0. The third-order valence-corrected chi connectivity index (χ3v) is 4.20. The number of hydrogen-bond donors (Lipinski definition) is 1. The Morgan fingerprint density at radius 2 is 1.71 bits per heavy atom. The third-order valence-electron chi connectivity index (χ3n) is 4.20. The van der Waals surface area contributed by atoms with Crippen molar-refractivity contribution in [2.24, 2.45) is 23.7 Å². The molecule has 0 aromatic rings. The van der Waals surface area contributed by atoms with Crippen molar-refractivity contribution in [1.29, 1.82) is 0 Å². The molecule has 0 radical (unpaired) electrons. The molecule has 1 rings (SSSR count). The summed E-state index contributed by atoms with van der Waals surface area (Å²) in [6.07, 6.45) is 4.27. The first-order valence-electron chi connectivity index (χ1n) is 6.23. The van der Waals surface area contributed by atoms with Gasteiger partial charge in [0.05, 0.1) is 0 Å². The van der Waals surface area contributed by atoms with Crippen LogP contribution < -0.4 is 5.32 Å². The summed E-state index contributed by atoms with van der Waals surface area (Å²) >= 11 is 0. The van der Waals surface area contributed by atoms with Gasteiger partial charge in [-0.2, -0.15) is 0 Å². The van der Waals surface area contributed by atoms with E-state index in [1.165, 1.54) is 19.3 Å². The Labute approximate surface area is 89.7 Å². The molecule has 14 heavy (non-hydrogen) atoms. The minimum Gasteiger partial charge on any atom is -0.316 e. The van der Waals surface area contributed by atoms with E-state index in [9.17, 15) is 0 Å². The average molecular weight is 197 g/mol. The van der Waals surface area contributed by atoms with E-state index in [1.807, 2.05) is 0 Å². The quantitative estimate of drug-likeness (QED) is 0.732. The Kier molecular flexibility index (Phi) is 4.43. The van der Waals surface area contributed by atoms with Crippen LogP contribution in [0.5, 0.6) is 0 Å². The summed E-state index contributed by atoms with van der Waals surface area (Å²) in [7, 11) is 2.12. The second-order valence-electron chi connectivity index (χ2n) is 5.59. The van der Waals surface area contributed by atoms with Gasteiger partial charge in [-0.05, 0) is 43.6 Å². The van der Waals surface area contributed by atoms with E-state index < -0.39 is 0 Å². The highest BCUT2D eigenvalue weighted by Crippen LogP contribution is 2.36. The molecule has 0 amide bonds. The van der Waals surface area contributed by atoms with Gasteiger partial charge in [0.25, 0.3) is 0 Å². The third kappa shape index (κ3) is 2.73. The minimum atomic E-state index is 0.727. The molecule has 0 saturated heterocycles. The molecule has 0 heterocycles. The van der Waals surface area contributed by atoms with Crippen LogP contribution in [0.15, 0.2) is 0 Å². The first-order valence-corrected chi connectivity index (χ1v) is 6.23. The summed E-state index contributed by atoms with van der Waals surface area (Å²) in [5.74, 6) is 3.54. The van der Waals surface area contributed by atoms with Crippen LogP contribution in [0.4, 0.5) is 0 Å². The summed E-state index contributed by atoms with van der Waals surface area (Å²) in [4.78, 5) is 0. The monoisotopic (exact) mass is 197 g/mol. The molecule has 4 atom stereocenters. The van der Waals surface area contributed by atoms with Crippen LogP contribution in [0.25, 0.3) is 0 Å². The highest BCUT2D eigenvalue weighted by Gasteiger charge is 2.30. The molecular formula is C13H27N. The highest BCUT2D eigenvalue weighted by molar-refractivity contribution is 4.84. The summed E-state index contributed by atoms with van der Waals surface area (Å²) < 4.78 is 0. The Balaban J connectivity index is 2.52. The maximum atomic E-state index is 3.51. The number of rotatable bonds is 3. The van der Waals surface area contributed by atoms with Crippen molar-refractivity contribution in [3.63, 3.8) is 0 Å². The maximum absolute atomic E-state index is 3.51. The van der Waals surface area contributed by atoms with Crippen molar-refractivity contribution in [2.75, 3.05) is 7.05 Å². The van der Waals surface area contributed by atoms with Crippen LogP contribution in [-0.2, 0) is 0 Å². The first kappa shape index (κ1) is 12.0. The molecule has 1 fully saturated rings. The van der Waals surface area contributed by atoms with E-state index in [1.54, 1.807) is 0 Å². The van der Waals surface area contributed by atoms with Gasteiger partial charge in [-0.1, -0.05) is 34.1 Å². The fraction of sp³-hybridized carbons (Fsp3) is 1.00. The molecule has 0 aromatic heterocycles. The second-order valence-corrected chi connectivity index (χ2v) is 5.59. The van der Waals surface area contributed by atoms with Gasteiger partial charge in [-0.15, -0.1) is 0 Å². The molecule has 4 unspecified atom stereocenters. The van der Waals surface area contributed by atoms with Crippen molar-refractivity contribution in [1.82, 2.24) is 5.32 Å². The van der Waals surface area contributed by atoms with Crippen LogP contribution in [0, 0.1) is 23.7 Å². The van der Waals surface area contributed by atoms with E-state index >= 15 is 0 Å². The zero-order chi connectivity index (χ0) is 10.7. The van der Waals surface area contributed by atoms with E-state index in [0.29, 0.717) is 0 Å². The maximum Gasteiger partial charge on any atom is 0.0115 e. The first-order chi connectivity index (χ1) is 6.56. The van der Waals surface area contributed by atoms with Gasteiger partial charge in [0, 0.05) is 6.04 Å². The highest BCUT2D eigenvalue weighted by atomic mass is 14.9. The SMILES string of the molecule is CNC(C(C)C)C1CCC(C)C(C)C1. The van der Waals surface area contributed by atoms with E-state index in [4.69, 9.17) is 0 Å². The fourth-order valence-corrected chi connectivity index (χ4v) is 3.03. The molecule has 0 aliphatic heterocycles. The van der Waals surface area contributed by atoms with Gasteiger partial charge >= 0.3 is 0 Å². The van der Waals surface area contributed by atoms with Gasteiger partial charge in [-0.25, -0.2) is 0 Å². The molecule has 84 valence electrons. The molecule has 1 N–H and O–H groups in total. The Morgan fingerprint density at radius 1 is 1.07 bits per heavy atom. The zero-order valence-electron chi connectivity index (χ0n) is 10.5. The smallest absolute Gasteiger partial charge is 0.0115 e. The van der Waals surface area contributed by atoms with Crippen molar-refractivity contribution in [3.8, 4) is 0 Å². The molecule has 0 bridgehead atoms.